The molecule has 0 aromatic carbocycles. The van der Waals surface area contributed by atoms with Gasteiger partial charge in [-0.15, -0.1) is 0 Å². The highest BCUT2D eigenvalue weighted by atomic mass is 16.2. The van der Waals surface area contributed by atoms with Gasteiger partial charge in [-0.05, 0) is 18.9 Å². The van der Waals surface area contributed by atoms with Crippen LogP contribution in [0.4, 0.5) is 4.79 Å². The Morgan fingerprint density at radius 2 is 2.45 bits per heavy atom. The lowest BCUT2D eigenvalue weighted by molar-refractivity contribution is 0.247. The molecule has 1 amide bonds. The quantitative estimate of drug-likeness (QED) is 0.641. The van der Waals surface area contributed by atoms with E-state index >= 15 is 0 Å². The Bertz CT molecular complexity index is 288. The largest absolute Gasteiger partial charge is 0.350 e. The molecule has 0 bridgehead atoms. The number of primary amides is 1. The van der Waals surface area contributed by atoms with Crippen molar-refractivity contribution in [1.82, 2.24) is 9.78 Å². The molecule has 1 aromatic rings. The smallest absolute Gasteiger partial charge is 0.339 e. The Morgan fingerprint density at radius 3 is 2.91 bits per heavy atom. The molecule has 0 saturated heterocycles. The summed E-state index contributed by atoms with van der Waals surface area (Å²) in [4.78, 5) is 10.6. The van der Waals surface area contributed by atoms with Crippen LogP contribution < -0.4 is 5.73 Å². The summed E-state index contributed by atoms with van der Waals surface area (Å²) in [7, 11) is 0. The molecule has 11 heavy (non-hydrogen) atoms. The molecule has 0 atom stereocenters. The van der Waals surface area contributed by atoms with E-state index in [1.54, 1.807) is 6.20 Å². The zero-order valence-electron chi connectivity index (χ0n) is 6.03. The number of nitrogens with two attached hydrogens (primary N) is 1. The second-order valence-corrected chi connectivity index (χ2v) is 2.80. The van der Waals surface area contributed by atoms with Crippen LogP contribution in [0, 0.1) is 0 Å². The molecule has 1 aliphatic rings. The number of hydrogen-bond donors (Lipinski definition) is 1. The SMILES string of the molecule is NC(=O)n1ccc(C2CC2)n1. The fourth-order valence-electron chi connectivity index (χ4n) is 1.06. The van der Waals surface area contributed by atoms with Gasteiger partial charge in [0.1, 0.15) is 0 Å². The van der Waals surface area contributed by atoms with E-state index in [-0.39, 0.29) is 0 Å². The van der Waals surface area contributed by atoms with Crippen LogP contribution in [0.25, 0.3) is 0 Å². The predicted molar refractivity (Wildman–Crippen MR) is 39.2 cm³/mol. The lowest BCUT2D eigenvalue weighted by Gasteiger charge is -1.90. The maximum atomic E-state index is 10.6. The van der Waals surface area contributed by atoms with Gasteiger partial charge in [-0.2, -0.15) is 9.78 Å². The molecule has 1 heterocycles. The average Bonchev–Trinajstić information content (AvgIpc) is 2.68. The standard InChI is InChI=1S/C7H9N3O/c8-7(11)10-4-3-6(9-10)5-1-2-5/h3-5H,1-2H2,(H2,8,11). The van der Waals surface area contributed by atoms with Gasteiger partial charge in [-0.25, -0.2) is 4.79 Å². The summed E-state index contributed by atoms with van der Waals surface area (Å²) in [5.74, 6) is 0.579. The molecule has 4 nitrogen and oxygen atoms in total. The van der Waals surface area contributed by atoms with E-state index < -0.39 is 6.03 Å². The number of carbonyl (C=O) groups is 1. The van der Waals surface area contributed by atoms with E-state index in [9.17, 15) is 4.79 Å². The number of nitrogens with zero attached hydrogens (tertiary/aromatic N) is 2. The van der Waals surface area contributed by atoms with Crippen LogP contribution in [0.3, 0.4) is 0 Å². The third kappa shape index (κ3) is 1.11. The molecule has 0 radical (unpaired) electrons. The predicted octanol–water partition coefficient (Wildman–Crippen LogP) is 0.687. The minimum Gasteiger partial charge on any atom is -0.350 e. The van der Waals surface area contributed by atoms with Crippen molar-refractivity contribution in [3.63, 3.8) is 0 Å². The summed E-state index contributed by atoms with van der Waals surface area (Å²) < 4.78 is 1.17. The molecule has 0 spiro atoms. The number of hydrogen-bond acceptors (Lipinski definition) is 2. The Morgan fingerprint density at radius 1 is 1.73 bits per heavy atom. The summed E-state index contributed by atoms with van der Waals surface area (Å²) in [6.45, 7) is 0. The van der Waals surface area contributed by atoms with Gasteiger partial charge >= 0.3 is 6.03 Å². The van der Waals surface area contributed by atoms with Crippen molar-refractivity contribution in [3.05, 3.63) is 18.0 Å². The number of carbonyl (C=O) groups excluding carboxylic acids is 1. The van der Waals surface area contributed by atoms with Crippen LogP contribution in [-0.4, -0.2) is 15.8 Å². The van der Waals surface area contributed by atoms with Crippen LogP contribution in [0.1, 0.15) is 24.5 Å². The summed E-state index contributed by atoms with van der Waals surface area (Å²) in [5.41, 5.74) is 6.00. The Hall–Kier alpha value is -1.32. The first-order valence-electron chi connectivity index (χ1n) is 3.63. The lowest BCUT2D eigenvalue weighted by atomic mass is 10.3. The molecule has 0 unspecified atom stereocenters. The molecule has 1 aromatic heterocycles. The number of aromatic nitrogens is 2. The highest BCUT2D eigenvalue weighted by Gasteiger charge is 2.26. The fourth-order valence-corrected chi connectivity index (χ4v) is 1.06. The van der Waals surface area contributed by atoms with Crippen molar-refractivity contribution in [2.75, 3.05) is 0 Å². The van der Waals surface area contributed by atoms with Crippen molar-refractivity contribution in [2.45, 2.75) is 18.8 Å². The van der Waals surface area contributed by atoms with Crippen LogP contribution in [0.2, 0.25) is 0 Å². The van der Waals surface area contributed by atoms with Crippen LogP contribution in [0.15, 0.2) is 12.3 Å². The summed E-state index contributed by atoms with van der Waals surface area (Å²) in [6, 6.07) is 1.33. The average molecular weight is 151 g/mol. The number of rotatable bonds is 1. The minimum absolute atomic E-state index is 0.517. The normalized spacial score (nSPS) is 16.7. The van der Waals surface area contributed by atoms with E-state index in [0.717, 1.165) is 5.69 Å². The highest BCUT2D eigenvalue weighted by molar-refractivity contribution is 5.73. The van der Waals surface area contributed by atoms with Gasteiger partial charge in [-0.3, -0.25) is 0 Å². The van der Waals surface area contributed by atoms with Gasteiger partial charge in [-0.1, -0.05) is 0 Å². The topological polar surface area (TPSA) is 60.9 Å². The van der Waals surface area contributed by atoms with Gasteiger partial charge in [0.05, 0.1) is 5.69 Å². The maximum Gasteiger partial charge on any atom is 0.339 e. The van der Waals surface area contributed by atoms with Crippen molar-refractivity contribution < 1.29 is 4.79 Å². The van der Waals surface area contributed by atoms with Crippen molar-refractivity contribution in [1.29, 1.82) is 0 Å². The molecule has 58 valence electrons. The monoisotopic (exact) mass is 151 g/mol. The van der Waals surface area contributed by atoms with E-state index in [0.29, 0.717) is 5.92 Å². The molecule has 1 saturated carbocycles. The molecule has 1 fully saturated rings. The summed E-state index contributed by atoms with van der Waals surface area (Å²) in [6.07, 6.45) is 3.99. The van der Waals surface area contributed by atoms with Crippen molar-refractivity contribution in [2.24, 2.45) is 5.73 Å². The molecule has 1 aliphatic carbocycles. The molecular formula is C7H9N3O. The van der Waals surface area contributed by atoms with E-state index in [1.165, 1.54) is 17.5 Å². The Labute approximate surface area is 64.0 Å². The molecule has 0 aliphatic heterocycles. The molecule has 2 N–H and O–H groups in total. The van der Waals surface area contributed by atoms with Gasteiger partial charge in [0.25, 0.3) is 0 Å². The second kappa shape index (κ2) is 2.08. The molecular weight excluding hydrogens is 142 g/mol. The summed E-state index contributed by atoms with van der Waals surface area (Å²) in [5, 5.41) is 4.01. The lowest BCUT2D eigenvalue weighted by Crippen LogP contribution is -2.19. The van der Waals surface area contributed by atoms with Gasteiger partial charge in [0.2, 0.25) is 0 Å². The van der Waals surface area contributed by atoms with Gasteiger partial charge in [0, 0.05) is 12.1 Å². The van der Waals surface area contributed by atoms with Crippen molar-refractivity contribution >= 4 is 6.03 Å². The zero-order chi connectivity index (χ0) is 7.84. The molecule has 4 heteroatoms. The first-order chi connectivity index (χ1) is 5.27. The van der Waals surface area contributed by atoms with Crippen LogP contribution in [0.5, 0.6) is 0 Å². The minimum atomic E-state index is -0.517. The highest BCUT2D eigenvalue weighted by Crippen LogP contribution is 2.38. The van der Waals surface area contributed by atoms with E-state index in [4.69, 9.17) is 5.73 Å². The first kappa shape index (κ1) is 6.39. The van der Waals surface area contributed by atoms with E-state index in [2.05, 4.69) is 5.10 Å². The first-order valence-corrected chi connectivity index (χ1v) is 3.63. The third-order valence-corrected chi connectivity index (χ3v) is 1.83. The second-order valence-electron chi connectivity index (χ2n) is 2.80. The summed E-state index contributed by atoms with van der Waals surface area (Å²) >= 11 is 0. The van der Waals surface area contributed by atoms with Gasteiger partial charge in [0.15, 0.2) is 0 Å². The number of amides is 1. The molecule has 2 rings (SSSR count). The van der Waals surface area contributed by atoms with E-state index in [1.807, 2.05) is 6.07 Å². The van der Waals surface area contributed by atoms with Gasteiger partial charge < -0.3 is 5.73 Å². The fraction of sp³-hybridized carbons (Fsp3) is 0.429. The third-order valence-electron chi connectivity index (χ3n) is 1.83. The Balaban J connectivity index is 2.25. The zero-order valence-corrected chi connectivity index (χ0v) is 6.03. The van der Waals surface area contributed by atoms with Crippen LogP contribution in [-0.2, 0) is 0 Å². The Kier molecular flexibility index (Phi) is 1.21. The van der Waals surface area contributed by atoms with Crippen molar-refractivity contribution in [3.8, 4) is 0 Å². The van der Waals surface area contributed by atoms with Crippen LogP contribution >= 0.6 is 0 Å². The maximum absolute atomic E-state index is 10.6.